The molecular formula is C12H15NO4. The van der Waals surface area contributed by atoms with Gasteiger partial charge in [0.2, 0.25) is 0 Å². The Morgan fingerprint density at radius 2 is 2.18 bits per heavy atom. The average Bonchev–Trinajstić information content (AvgIpc) is 2.80. The summed E-state index contributed by atoms with van der Waals surface area (Å²) in [6.45, 7) is 1.22. The van der Waals surface area contributed by atoms with Gasteiger partial charge in [0, 0.05) is 25.8 Å². The number of likely N-dealkylation sites (tertiary alicyclic amines) is 1. The van der Waals surface area contributed by atoms with Crippen LogP contribution in [0.4, 0.5) is 0 Å². The number of ether oxygens (including phenoxy) is 1. The maximum absolute atomic E-state index is 12.0. The van der Waals surface area contributed by atoms with Crippen molar-refractivity contribution in [2.45, 2.75) is 12.5 Å². The van der Waals surface area contributed by atoms with Crippen molar-refractivity contribution in [2.75, 3.05) is 20.2 Å². The van der Waals surface area contributed by atoms with E-state index in [9.17, 15) is 15.0 Å². The van der Waals surface area contributed by atoms with Gasteiger partial charge in [-0.3, -0.25) is 4.79 Å². The van der Waals surface area contributed by atoms with E-state index in [1.165, 1.54) is 18.2 Å². The summed E-state index contributed by atoms with van der Waals surface area (Å²) < 4.78 is 5.19. The van der Waals surface area contributed by atoms with E-state index in [4.69, 9.17) is 4.74 Å². The predicted molar refractivity (Wildman–Crippen MR) is 61.1 cm³/mol. The van der Waals surface area contributed by atoms with Crippen molar-refractivity contribution in [2.24, 2.45) is 0 Å². The van der Waals surface area contributed by atoms with Crippen LogP contribution in [0.1, 0.15) is 16.8 Å². The minimum atomic E-state index is -0.279. The van der Waals surface area contributed by atoms with E-state index in [0.717, 1.165) is 6.42 Å². The van der Waals surface area contributed by atoms with Crippen LogP contribution in [0.2, 0.25) is 0 Å². The second-order valence-electron chi connectivity index (χ2n) is 4.10. The molecule has 2 N–H and O–H groups in total. The number of nitrogens with zero attached hydrogens (tertiary/aromatic N) is 1. The van der Waals surface area contributed by atoms with Crippen LogP contribution in [-0.4, -0.2) is 47.3 Å². The van der Waals surface area contributed by atoms with Crippen molar-refractivity contribution < 1.29 is 19.7 Å². The van der Waals surface area contributed by atoms with Crippen molar-refractivity contribution in [1.29, 1.82) is 0 Å². The number of amides is 1. The van der Waals surface area contributed by atoms with Gasteiger partial charge in [-0.15, -0.1) is 0 Å². The Morgan fingerprint density at radius 3 is 2.76 bits per heavy atom. The summed E-state index contributed by atoms with van der Waals surface area (Å²) in [6, 6.07) is 4.09. The molecule has 2 rings (SSSR count). The SMILES string of the molecule is COC1CCN(C(=O)c2ccc(O)c(O)c2)C1. The highest BCUT2D eigenvalue weighted by atomic mass is 16.5. The van der Waals surface area contributed by atoms with Gasteiger partial charge in [0.15, 0.2) is 11.5 Å². The summed E-state index contributed by atoms with van der Waals surface area (Å²) in [5, 5.41) is 18.5. The molecule has 1 heterocycles. The molecule has 1 aromatic rings. The Morgan fingerprint density at radius 1 is 1.41 bits per heavy atom. The van der Waals surface area contributed by atoms with Gasteiger partial charge < -0.3 is 19.8 Å². The van der Waals surface area contributed by atoms with Gasteiger partial charge >= 0.3 is 0 Å². The number of benzene rings is 1. The van der Waals surface area contributed by atoms with Crippen molar-refractivity contribution >= 4 is 5.91 Å². The largest absolute Gasteiger partial charge is 0.504 e. The molecule has 1 atom stereocenters. The summed E-state index contributed by atoms with van der Waals surface area (Å²) in [5.74, 6) is -0.657. The van der Waals surface area contributed by atoms with Gasteiger partial charge in [-0.2, -0.15) is 0 Å². The minimum Gasteiger partial charge on any atom is -0.504 e. The van der Waals surface area contributed by atoms with E-state index in [1.54, 1.807) is 12.0 Å². The van der Waals surface area contributed by atoms with Gasteiger partial charge in [0.05, 0.1) is 6.10 Å². The molecule has 92 valence electrons. The van der Waals surface area contributed by atoms with Crippen LogP contribution < -0.4 is 0 Å². The first kappa shape index (κ1) is 11.7. The molecule has 0 aromatic heterocycles. The van der Waals surface area contributed by atoms with E-state index < -0.39 is 0 Å². The Balaban J connectivity index is 2.12. The van der Waals surface area contributed by atoms with E-state index in [-0.39, 0.29) is 23.5 Å². The first-order valence-corrected chi connectivity index (χ1v) is 5.46. The Bertz CT molecular complexity index is 433. The molecule has 0 saturated carbocycles. The molecule has 5 heteroatoms. The van der Waals surface area contributed by atoms with E-state index in [1.807, 2.05) is 0 Å². The third-order valence-electron chi connectivity index (χ3n) is 2.99. The number of aromatic hydroxyl groups is 2. The lowest BCUT2D eigenvalue weighted by Gasteiger charge is -2.16. The normalized spacial score (nSPS) is 19.6. The summed E-state index contributed by atoms with van der Waals surface area (Å²) in [6.07, 6.45) is 0.913. The summed E-state index contributed by atoms with van der Waals surface area (Å²) in [4.78, 5) is 13.7. The van der Waals surface area contributed by atoms with E-state index in [0.29, 0.717) is 18.7 Å². The molecule has 1 aliphatic rings. The Hall–Kier alpha value is -1.75. The van der Waals surface area contributed by atoms with Gasteiger partial charge in [-0.05, 0) is 24.6 Å². The fourth-order valence-electron chi connectivity index (χ4n) is 1.94. The number of phenolic OH excluding ortho intramolecular Hbond substituents is 2. The summed E-state index contributed by atoms with van der Waals surface area (Å²) in [7, 11) is 1.63. The van der Waals surface area contributed by atoms with Crippen molar-refractivity contribution in [3.05, 3.63) is 23.8 Å². The molecule has 0 bridgehead atoms. The topological polar surface area (TPSA) is 70.0 Å². The second-order valence-corrected chi connectivity index (χ2v) is 4.10. The van der Waals surface area contributed by atoms with Gasteiger partial charge in [0.25, 0.3) is 5.91 Å². The maximum atomic E-state index is 12.0. The number of methoxy groups -OCH3 is 1. The van der Waals surface area contributed by atoms with Gasteiger partial charge in [0.1, 0.15) is 0 Å². The van der Waals surface area contributed by atoms with Crippen LogP contribution in [0.5, 0.6) is 11.5 Å². The number of hydrogen-bond donors (Lipinski definition) is 2. The highest BCUT2D eigenvalue weighted by Crippen LogP contribution is 2.26. The lowest BCUT2D eigenvalue weighted by atomic mass is 10.2. The monoisotopic (exact) mass is 237 g/mol. The lowest BCUT2D eigenvalue weighted by Crippen LogP contribution is -2.29. The third kappa shape index (κ3) is 2.34. The molecule has 1 saturated heterocycles. The fraction of sp³-hybridized carbons (Fsp3) is 0.417. The number of rotatable bonds is 2. The zero-order valence-corrected chi connectivity index (χ0v) is 9.59. The van der Waals surface area contributed by atoms with Crippen molar-refractivity contribution in [3.63, 3.8) is 0 Å². The lowest BCUT2D eigenvalue weighted by molar-refractivity contribution is 0.0724. The molecule has 1 aliphatic heterocycles. The quantitative estimate of drug-likeness (QED) is 0.752. The first-order valence-electron chi connectivity index (χ1n) is 5.46. The maximum Gasteiger partial charge on any atom is 0.254 e. The third-order valence-corrected chi connectivity index (χ3v) is 2.99. The molecular weight excluding hydrogens is 222 g/mol. The standard InChI is InChI=1S/C12H15NO4/c1-17-9-4-5-13(7-9)12(16)8-2-3-10(14)11(15)6-8/h2-3,6,9,14-15H,4-5,7H2,1H3. The smallest absolute Gasteiger partial charge is 0.254 e. The molecule has 1 fully saturated rings. The van der Waals surface area contributed by atoms with Crippen LogP contribution in [0.25, 0.3) is 0 Å². The number of carbonyl (C=O) groups is 1. The number of carbonyl (C=O) groups excluding carboxylic acids is 1. The molecule has 1 unspecified atom stereocenters. The van der Waals surface area contributed by atoms with Crippen LogP contribution >= 0.6 is 0 Å². The average molecular weight is 237 g/mol. The molecule has 17 heavy (non-hydrogen) atoms. The minimum absolute atomic E-state index is 0.0876. The van der Waals surface area contributed by atoms with E-state index >= 15 is 0 Å². The summed E-state index contributed by atoms with van der Waals surface area (Å²) in [5.41, 5.74) is 0.372. The highest BCUT2D eigenvalue weighted by Gasteiger charge is 2.26. The fourth-order valence-corrected chi connectivity index (χ4v) is 1.94. The number of hydrogen-bond acceptors (Lipinski definition) is 4. The Kier molecular flexibility index (Phi) is 3.19. The molecule has 0 radical (unpaired) electrons. The van der Waals surface area contributed by atoms with Crippen LogP contribution in [0, 0.1) is 0 Å². The predicted octanol–water partition coefficient (Wildman–Crippen LogP) is 0.959. The number of phenols is 2. The zero-order chi connectivity index (χ0) is 12.4. The first-order chi connectivity index (χ1) is 8.11. The van der Waals surface area contributed by atoms with Gasteiger partial charge in [-0.25, -0.2) is 0 Å². The molecule has 1 aromatic carbocycles. The van der Waals surface area contributed by atoms with Gasteiger partial charge in [-0.1, -0.05) is 0 Å². The van der Waals surface area contributed by atoms with Crippen LogP contribution in [-0.2, 0) is 4.74 Å². The molecule has 0 spiro atoms. The van der Waals surface area contributed by atoms with Crippen LogP contribution in [0.3, 0.4) is 0 Å². The molecule has 1 amide bonds. The van der Waals surface area contributed by atoms with Crippen LogP contribution in [0.15, 0.2) is 18.2 Å². The van der Waals surface area contributed by atoms with Crippen molar-refractivity contribution in [1.82, 2.24) is 4.90 Å². The van der Waals surface area contributed by atoms with E-state index in [2.05, 4.69) is 0 Å². The zero-order valence-electron chi connectivity index (χ0n) is 9.59. The summed E-state index contributed by atoms with van der Waals surface area (Å²) >= 11 is 0. The molecule has 5 nitrogen and oxygen atoms in total. The second kappa shape index (κ2) is 4.63. The Labute approximate surface area is 99.2 Å². The van der Waals surface area contributed by atoms with Crippen molar-refractivity contribution in [3.8, 4) is 11.5 Å². The highest BCUT2D eigenvalue weighted by molar-refractivity contribution is 5.95. The molecule has 0 aliphatic carbocycles.